The maximum atomic E-state index is 12.8. The molecular weight excluding hydrogens is 476 g/mol. The monoisotopic (exact) mass is 496 g/mol. The van der Waals surface area contributed by atoms with Gasteiger partial charge in [0.1, 0.15) is 5.02 Å². The summed E-state index contributed by atoms with van der Waals surface area (Å²) in [5, 5.41) is 16.1. The molecule has 0 aromatic heterocycles. The molecule has 0 unspecified atom stereocenters. The molecule has 1 saturated heterocycles. The van der Waals surface area contributed by atoms with E-state index in [9.17, 15) is 23.3 Å². The van der Waals surface area contributed by atoms with E-state index in [-0.39, 0.29) is 26.3 Å². The summed E-state index contributed by atoms with van der Waals surface area (Å²) in [5.74, 6) is -0.650. The van der Waals surface area contributed by atoms with Crippen molar-refractivity contribution in [2.24, 2.45) is 0 Å². The number of rotatable bonds is 5. The Morgan fingerprint density at radius 3 is 2.28 bits per heavy atom. The fourth-order valence-corrected chi connectivity index (χ4v) is 5.19. The van der Waals surface area contributed by atoms with E-state index in [0.717, 1.165) is 31.7 Å². The Kier molecular flexibility index (Phi) is 7.77. The Hall–Kier alpha value is -2.60. The van der Waals surface area contributed by atoms with E-state index < -0.39 is 20.9 Å². The van der Waals surface area contributed by atoms with Crippen LogP contribution >= 0.6 is 23.8 Å². The molecule has 1 heterocycles. The van der Waals surface area contributed by atoms with Crippen LogP contribution in [0.2, 0.25) is 5.02 Å². The van der Waals surface area contributed by atoms with Crippen molar-refractivity contribution in [3.63, 3.8) is 0 Å². The molecule has 1 aliphatic rings. The van der Waals surface area contributed by atoms with Crippen LogP contribution in [0, 0.1) is 10.1 Å². The number of carbonyl (C=O) groups is 1. The van der Waals surface area contributed by atoms with E-state index in [1.165, 1.54) is 28.6 Å². The lowest BCUT2D eigenvalue weighted by molar-refractivity contribution is -0.384. The molecule has 0 aliphatic carbocycles. The molecule has 1 fully saturated rings. The van der Waals surface area contributed by atoms with Crippen molar-refractivity contribution < 1.29 is 18.1 Å². The highest BCUT2D eigenvalue weighted by Crippen LogP contribution is 2.25. The first-order valence-electron chi connectivity index (χ1n) is 9.85. The summed E-state index contributed by atoms with van der Waals surface area (Å²) in [7, 11) is -3.56. The third-order valence-electron chi connectivity index (χ3n) is 4.95. The van der Waals surface area contributed by atoms with Crippen molar-refractivity contribution in [2.45, 2.75) is 30.6 Å². The molecule has 2 N–H and O–H groups in total. The maximum Gasteiger partial charge on any atom is 0.288 e. The Morgan fingerprint density at radius 2 is 1.69 bits per heavy atom. The SMILES string of the molecule is O=C(NC(=S)Nc1ccc(S(=O)(=O)N2CCCCCC2)cc1)c1ccc(Cl)c([N+](=O)[O-])c1. The minimum atomic E-state index is -3.56. The van der Waals surface area contributed by atoms with Gasteiger partial charge >= 0.3 is 0 Å². The molecule has 2 aromatic carbocycles. The number of hydrogen-bond donors (Lipinski definition) is 2. The van der Waals surface area contributed by atoms with Crippen LogP contribution in [0.25, 0.3) is 0 Å². The summed E-state index contributed by atoms with van der Waals surface area (Å²) in [4.78, 5) is 22.8. The highest BCUT2D eigenvalue weighted by Gasteiger charge is 2.25. The van der Waals surface area contributed by atoms with Gasteiger partial charge in [-0.2, -0.15) is 4.31 Å². The first-order chi connectivity index (χ1) is 15.2. The van der Waals surface area contributed by atoms with Crippen LogP contribution in [-0.4, -0.2) is 41.8 Å². The van der Waals surface area contributed by atoms with Crippen LogP contribution < -0.4 is 10.6 Å². The molecule has 0 atom stereocenters. The van der Waals surface area contributed by atoms with Gasteiger partial charge in [-0.1, -0.05) is 24.4 Å². The number of nitrogens with one attached hydrogen (secondary N) is 2. The predicted octanol–water partition coefficient (Wildman–Crippen LogP) is 3.94. The highest BCUT2D eigenvalue weighted by atomic mass is 35.5. The van der Waals surface area contributed by atoms with E-state index in [0.29, 0.717) is 18.8 Å². The van der Waals surface area contributed by atoms with Crippen molar-refractivity contribution in [1.82, 2.24) is 9.62 Å². The molecule has 0 saturated carbocycles. The number of amides is 1. The number of anilines is 1. The molecule has 3 rings (SSSR count). The van der Waals surface area contributed by atoms with E-state index in [4.69, 9.17) is 23.8 Å². The lowest BCUT2D eigenvalue weighted by atomic mass is 10.2. The second-order valence-electron chi connectivity index (χ2n) is 7.17. The number of nitro groups is 1. The van der Waals surface area contributed by atoms with Crippen molar-refractivity contribution in [3.05, 3.63) is 63.2 Å². The average molecular weight is 497 g/mol. The van der Waals surface area contributed by atoms with Crippen molar-refractivity contribution in [1.29, 1.82) is 0 Å². The summed E-state index contributed by atoms with van der Waals surface area (Å²) in [6.07, 6.45) is 3.76. The summed E-state index contributed by atoms with van der Waals surface area (Å²) in [6, 6.07) is 9.73. The minimum Gasteiger partial charge on any atom is -0.332 e. The second-order valence-corrected chi connectivity index (χ2v) is 9.93. The Balaban J connectivity index is 1.64. The van der Waals surface area contributed by atoms with E-state index in [1.54, 1.807) is 12.1 Å². The van der Waals surface area contributed by atoms with Gasteiger partial charge in [0.2, 0.25) is 10.0 Å². The van der Waals surface area contributed by atoms with Gasteiger partial charge in [-0.25, -0.2) is 8.42 Å². The normalized spacial score (nSPS) is 14.9. The van der Waals surface area contributed by atoms with E-state index in [2.05, 4.69) is 10.6 Å². The molecule has 2 aromatic rings. The first kappa shape index (κ1) is 24.1. The fourth-order valence-electron chi connectivity index (χ4n) is 3.27. The third kappa shape index (κ3) is 5.80. The van der Waals surface area contributed by atoms with Crippen LogP contribution in [0.3, 0.4) is 0 Å². The van der Waals surface area contributed by atoms with Crippen LogP contribution in [0.1, 0.15) is 36.0 Å². The van der Waals surface area contributed by atoms with Gasteiger partial charge in [0.25, 0.3) is 11.6 Å². The zero-order valence-electron chi connectivity index (χ0n) is 16.9. The van der Waals surface area contributed by atoms with Gasteiger partial charge in [-0.05, 0) is 61.5 Å². The smallest absolute Gasteiger partial charge is 0.288 e. The maximum absolute atomic E-state index is 12.8. The summed E-state index contributed by atoms with van der Waals surface area (Å²) in [6.45, 7) is 1.03. The van der Waals surface area contributed by atoms with Crippen LogP contribution in [-0.2, 0) is 10.0 Å². The second kappa shape index (κ2) is 10.3. The fraction of sp³-hybridized carbons (Fsp3) is 0.300. The molecule has 0 radical (unpaired) electrons. The van der Waals surface area contributed by atoms with Crippen molar-refractivity contribution in [3.8, 4) is 0 Å². The number of carbonyl (C=O) groups excluding carboxylic acids is 1. The first-order valence-corrected chi connectivity index (χ1v) is 12.1. The average Bonchev–Trinajstić information content (AvgIpc) is 3.04. The lowest BCUT2D eigenvalue weighted by Crippen LogP contribution is -2.34. The van der Waals surface area contributed by atoms with Gasteiger partial charge in [0, 0.05) is 30.4 Å². The Labute approximate surface area is 195 Å². The number of sulfonamides is 1. The van der Waals surface area contributed by atoms with Crippen LogP contribution in [0.15, 0.2) is 47.4 Å². The third-order valence-corrected chi connectivity index (χ3v) is 7.38. The molecule has 1 amide bonds. The molecule has 1 aliphatic heterocycles. The molecular formula is C20H21ClN4O5S2. The molecule has 9 nitrogen and oxygen atoms in total. The van der Waals surface area contributed by atoms with Crippen LogP contribution in [0.5, 0.6) is 0 Å². The molecule has 32 heavy (non-hydrogen) atoms. The van der Waals surface area contributed by atoms with Gasteiger partial charge in [-0.3, -0.25) is 20.2 Å². The van der Waals surface area contributed by atoms with E-state index >= 15 is 0 Å². The van der Waals surface area contributed by atoms with Gasteiger partial charge < -0.3 is 5.32 Å². The van der Waals surface area contributed by atoms with E-state index in [1.807, 2.05) is 0 Å². The summed E-state index contributed by atoms with van der Waals surface area (Å²) >= 11 is 10.9. The molecule has 170 valence electrons. The number of thiocarbonyl (C=S) groups is 1. The zero-order chi connectivity index (χ0) is 23.3. The molecule has 0 spiro atoms. The highest BCUT2D eigenvalue weighted by molar-refractivity contribution is 7.89. The quantitative estimate of drug-likeness (QED) is 0.365. The molecule has 0 bridgehead atoms. The molecule has 12 heteroatoms. The van der Waals surface area contributed by atoms with Crippen molar-refractivity contribution >= 4 is 56.2 Å². The van der Waals surface area contributed by atoms with Gasteiger partial charge in [-0.15, -0.1) is 0 Å². The topological polar surface area (TPSA) is 122 Å². The largest absolute Gasteiger partial charge is 0.332 e. The number of halogens is 1. The zero-order valence-corrected chi connectivity index (χ0v) is 19.3. The minimum absolute atomic E-state index is 0.0177. The Morgan fingerprint density at radius 1 is 1.06 bits per heavy atom. The number of hydrogen-bond acceptors (Lipinski definition) is 6. The predicted molar refractivity (Wildman–Crippen MR) is 125 cm³/mol. The summed E-state index contributed by atoms with van der Waals surface area (Å²) in [5.41, 5.74) is 0.107. The number of benzene rings is 2. The van der Waals surface area contributed by atoms with Gasteiger partial charge in [0.05, 0.1) is 9.82 Å². The van der Waals surface area contributed by atoms with Gasteiger partial charge in [0.15, 0.2) is 5.11 Å². The number of nitro benzene ring substituents is 1. The van der Waals surface area contributed by atoms with Crippen LogP contribution in [0.4, 0.5) is 11.4 Å². The summed E-state index contributed by atoms with van der Waals surface area (Å²) < 4.78 is 27.2. The Bertz CT molecular complexity index is 1130. The van der Waals surface area contributed by atoms with Crippen molar-refractivity contribution in [2.75, 3.05) is 18.4 Å². The standard InChI is InChI=1S/C20H21ClN4O5S2/c21-17-10-5-14(13-18(17)25(27)28)19(26)23-20(31)22-15-6-8-16(9-7-15)32(29,30)24-11-3-1-2-4-12-24/h5-10,13H,1-4,11-12H2,(H2,22,23,26,31). The lowest BCUT2D eigenvalue weighted by Gasteiger charge is -2.20. The number of nitrogens with zero attached hydrogens (tertiary/aromatic N) is 2.